The topological polar surface area (TPSA) is 3.24 Å². The van der Waals surface area contributed by atoms with Gasteiger partial charge in [0.25, 0.3) is 0 Å². The summed E-state index contributed by atoms with van der Waals surface area (Å²) in [5, 5.41) is 0. The summed E-state index contributed by atoms with van der Waals surface area (Å²) in [6, 6.07) is 11.7. The van der Waals surface area contributed by atoms with E-state index >= 15 is 0 Å². The molecular formula is C15H23N. The highest BCUT2D eigenvalue weighted by Gasteiger charge is 2.46. The third-order valence-electron chi connectivity index (χ3n) is 4.15. The molecule has 0 unspecified atom stereocenters. The zero-order valence-corrected chi connectivity index (χ0v) is 10.9. The van der Waals surface area contributed by atoms with Crippen LogP contribution in [0.1, 0.15) is 33.3 Å². The second-order valence-electron chi connectivity index (χ2n) is 5.68. The van der Waals surface area contributed by atoms with Crippen LogP contribution in [0.2, 0.25) is 0 Å². The largest absolute Gasteiger partial charge is 0.299 e. The lowest BCUT2D eigenvalue weighted by molar-refractivity contribution is 0.00662. The van der Waals surface area contributed by atoms with Crippen molar-refractivity contribution < 1.29 is 0 Å². The van der Waals surface area contributed by atoms with Crippen LogP contribution in [0.5, 0.6) is 0 Å². The van der Waals surface area contributed by atoms with E-state index in [0.717, 1.165) is 0 Å². The minimum Gasteiger partial charge on any atom is -0.299 e. The molecule has 0 N–H and O–H groups in total. The smallest absolute Gasteiger partial charge is 0.0230 e. The summed E-state index contributed by atoms with van der Waals surface area (Å²) in [6.07, 6.45) is 0. The van der Waals surface area contributed by atoms with E-state index in [1.54, 1.807) is 0 Å². The minimum atomic E-state index is 0.394. The third-order valence-corrected chi connectivity index (χ3v) is 4.15. The van der Waals surface area contributed by atoms with E-state index in [0.29, 0.717) is 17.4 Å². The molecule has 0 bridgehead atoms. The lowest BCUT2D eigenvalue weighted by Gasteiger charge is -2.55. The van der Waals surface area contributed by atoms with Gasteiger partial charge in [0.1, 0.15) is 0 Å². The van der Waals surface area contributed by atoms with Crippen molar-refractivity contribution in [2.45, 2.75) is 39.2 Å². The van der Waals surface area contributed by atoms with Gasteiger partial charge in [0.15, 0.2) is 0 Å². The Morgan fingerprint density at radius 3 is 2.00 bits per heavy atom. The molecule has 88 valence electrons. The Kier molecular flexibility index (Phi) is 3.07. The predicted molar refractivity (Wildman–Crippen MR) is 69.7 cm³/mol. The van der Waals surface area contributed by atoms with E-state index in [1.165, 1.54) is 18.7 Å². The highest BCUT2D eigenvalue weighted by Crippen LogP contribution is 2.41. The molecule has 0 aromatic heterocycles. The maximum atomic E-state index is 2.56. The molecule has 1 aliphatic heterocycles. The predicted octanol–water partition coefficient (Wildman–Crippen LogP) is 3.30. The standard InChI is InChI=1S/C15H23N/c1-12(2)15(10-16(11-15)13(3)4)14-8-6-5-7-9-14/h5-9,12-13H,10-11H2,1-4H3. The second kappa shape index (κ2) is 4.21. The minimum absolute atomic E-state index is 0.394. The SMILES string of the molecule is CC(C)N1CC(c2ccccc2)(C(C)C)C1. The van der Waals surface area contributed by atoms with Crippen molar-refractivity contribution in [2.24, 2.45) is 5.92 Å². The Labute approximate surface area is 99.5 Å². The average molecular weight is 217 g/mol. The molecule has 1 aromatic rings. The van der Waals surface area contributed by atoms with Crippen molar-refractivity contribution in [2.75, 3.05) is 13.1 Å². The van der Waals surface area contributed by atoms with Gasteiger partial charge in [-0.2, -0.15) is 0 Å². The fourth-order valence-corrected chi connectivity index (χ4v) is 2.69. The average Bonchev–Trinajstić information content (AvgIpc) is 2.16. The molecule has 2 rings (SSSR count). The maximum Gasteiger partial charge on any atom is 0.0230 e. The summed E-state index contributed by atoms with van der Waals surface area (Å²) < 4.78 is 0. The molecule has 0 spiro atoms. The quantitative estimate of drug-likeness (QED) is 0.751. The van der Waals surface area contributed by atoms with Crippen LogP contribution in [0.15, 0.2) is 30.3 Å². The van der Waals surface area contributed by atoms with Crippen molar-refractivity contribution >= 4 is 0 Å². The van der Waals surface area contributed by atoms with Gasteiger partial charge in [0, 0.05) is 24.5 Å². The van der Waals surface area contributed by atoms with Gasteiger partial charge in [0.2, 0.25) is 0 Å². The lowest BCUT2D eigenvalue weighted by atomic mass is 9.66. The molecule has 16 heavy (non-hydrogen) atoms. The first-order chi connectivity index (χ1) is 7.56. The molecular weight excluding hydrogens is 194 g/mol. The molecule has 1 heteroatoms. The molecule has 0 saturated carbocycles. The first kappa shape index (κ1) is 11.7. The van der Waals surface area contributed by atoms with Crippen LogP contribution in [-0.2, 0) is 5.41 Å². The first-order valence-corrected chi connectivity index (χ1v) is 6.36. The van der Waals surface area contributed by atoms with Crippen molar-refractivity contribution in [3.63, 3.8) is 0 Å². The van der Waals surface area contributed by atoms with Gasteiger partial charge in [0.05, 0.1) is 0 Å². The molecule has 1 aromatic carbocycles. The van der Waals surface area contributed by atoms with Crippen LogP contribution in [0, 0.1) is 5.92 Å². The molecule has 1 fully saturated rings. The van der Waals surface area contributed by atoms with Crippen LogP contribution in [0.25, 0.3) is 0 Å². The second-order valence-corrected chi connectivity index (χ2v) is 5.68. The van der Waals surface area contributed by atoms with E-state index in [9.17, 15) is 0 Å². The van der Waals surface area contributed by atoms with Gasteiger partial charge in [-0.1, -0.05) is 44.2 Å². The molecule has 1 nitrogen and oxygen atoms in total. The van der Waals surface area contributed by atoms with Crippen LogP contribution in [0.4, 0.5) is 0 Å². The van der Waals surface area contributed by atoms with Crippen molar-refractivity contribution in [1.82, 2.24) is 4.90 Å². The van der Waals surface area contributed by atoms with Crippen molar-refractivity contribution in [3.8, 4) is 0 Å². The molecule has 1 heterocycles. The molecule has 0 radical (unpaired) electrons. The summed E-state index contributed by atoms with van der Waals surface area (Å²) >= 11 is 0. The van der Waals surface area contributed by atoms with E-state index in [1.807, 2.05) is 0 Å². The Hall–Kier alpha value is -0.820. The molecule has 1 aliphatic rings. The molecule has 0 amide bonds. The van der Waals surface area contributed by atoms with E-state index in [2.05, 4.69) is 62.9 Å². The number of hydrogen-bond donors (Lipinski definition) is 0. The summed E-state index contributed by atoms with van der Waals surface area (Å²) in [5.41, 5.74) is 1.91. The highest BCUT2D eigenvalue weighted by atomic mass is 15.2. The zero-order chi connectivity index (χ0) is 11.8. The van der Waals surface area contributed by atoms with Crippen LogP contribution in [0.3, 0.4) is 0 Å². The molecule has 0 atom stereocenters. The van der Waals surface area contributed by atoms with Gasteiger partial charge < -0.3 is 0 Å². The van der Waals surface area contributed by atoms with Gasteiger partial charge >= 0.3 is 0 Å². The summed E-state index contributed by atoms with van der Waals surface area (Å²) in [4.78, 5) is 2.56. The summed E-state index contributed by atoms with van der Waals surface area (Å²) in [5.74, 6) is 0.713. The van der Waals surface area contributed by atoms with Gasteiger partial charge in [-0.15, -0.1) is 0 Å². The number of rotatable bonds is 3. The van der Waals surface area contributed by atoms with Gasteiger partial charge in [-0.3, -0.25) is 4.90 Å². The lowest BCUT2D eigenvalue weighted by Crippen LogP contribution is -2.63. The third kappa shape index (κ3) is 1.78. The normalized spacial score (nSPS) is 20.1. The van der Waals surface area contributed by atoms with Crippen LogP contribution in [-0.4, -0.2) is 24.0 Å². The molecule has 0 aliphatic carbocycles. The van der Waals surface area contributed by atoms with E-state index in [4.69, 9.17) is 0 Å². The highest BCUT2D eigenvalue weighted by molar-refractivity contribution is 5.30. The number of hydrogen-bond acceptors (Lipinski definition) is 1. The van der Waals surface area contributed by atoms with E-state index in [-0.39, 0.29) is 0 Å². The van der Waals surface area contributed by atoms with Crippen LogP contribution < -0.4 is 0 Å². The number of likely N-dealkylation sites (tertiary alicyclic amines) is 1. The maximum absolute atomic E-state index is 2.56. The number of nitrogens with zero attached hydrogens (tertiary/aromatic N) is 1. The Morgan fingerprint density at radius 1 is 1.00 bits per heavy atom. The fourth-order valence-electron chi connectivity index (χ4n) is 2.69. The molecule has 1 saturated heterocycles. The summed E-state index contributed by atoms with van der Waals surface area (Å²) in [6.45, 7) is 11.7. The fraction of sp³-hybridized carbons (Fsp3) is 0.600. The van der Waals surface area contributed by atoms with Gasteiger partial charge in [-0.05, 0) is 25.3 Å². The van der Waals surface area contributed by atoms with Crippen LogP contribution >= 0.6 is 0 Å². The Morgan fingerprint density at radius 2 is 1.56 bits per heavy atom. The van der Waals surface area contributed by atoms with Crippen molar-refractivity contribution in [3.05, 3.63) is 35.9 Å². The van der Waals surface area contributed by atoms with Crippen molar-refractivity contribution in [1.29, 1.82) is 0 Å². The Balaban J connectivity index is 2.21. The zero-order valence-electron chi connectivity index (χ0n) is 10.9. The number of benzene rings is 1. The first-order valence-electron chi connectivity index (χ1n) is 6.36. The summed E-state index contributed by atoms with van der Waals surface area (Å²) in [7, 11) is 0. The monoisotopic (exact) mass is 217 g/mol. The Bertz CT molecular complexity index is 334. The van der Waals surface area contributed by atoms with E-state index < -0.39 is 0 Å². The van der Waals surface area contributed by atoms with Gasteiger partial charge in [-0.25, -0.2) is 0 Å².